The van der Waals surface area contributed by atoms with Gasteiger partial charge >= 0.3 is 0 Å². The summed E-state index contributed by atoms with van der Waals surface area (Å²) >= 11 is 6.12. The van der Waals surface area contributed by atoms with E-state index in [0.717, 1.165) is 10.6 Å². The predicted molar refractivity (Wildman–Crippen MR) is 93.5 cm³/mol. The van der Waals surface area contributed by atoms with Crippen LogP contribution in [0.15, 0.2) is 67.3 Å². The average molecular weight is 326 g/mol. The molecule has 1 heterocycles. The van der Waals surface area contributed by atoms with Gasteiger partial charge in [0.25, 0.3) is 0 Å². The minimum Gasteiger partial charge on any atom is -0.305 e. The third-order valence-electron chi connectivity index (χ3n) is 4.35. The molecule has 0 fully saturated rings. The number of hydrogen-bond acceptors (Lipinski definition) is 2. The molecule has 118 valence electrons. The fourth-order valence-corrected chi connectivity index (χ4v) is 3.59. The van der Waals surface area contributed by atoms with Gasteiger partial charge in [-0.05, 0) is 28.7 Å². The second-order valence-electron chi connectivity index (χ2n) is 6.70. The molecule has 3 nitrogen and oxygen atoms in total. The van der Waals surface area contributed by atoms with Crippen LogP contribution in [0.5, 0.6) is 0 Å². The minimum absolute atomic E-state index is 0.120. The topological polar surface area (TPSA) is 30.7 Å². The van der Waals surface area contributed by atoms with Crippen LogP contribution in [0.3, 0.4) is 0 Å². The summed E-state index contributed by atoms with van der Waals surface area (Å²) in [4.78, 5) is 0. The molecule has 1 unspecified atom stereocenters. The fraction of sp³-hybridized carbons (Fsp3) is 0.263. The second kappa shape index (κ2) is 5.82. The maximum atomic E-state index is 6.12. The molecule has 0 spiro atoms. The molecule has 0 aliphatic rings. The average Bonchev–Trinajstić information content (AvgIpc) is 3.04. The Morgan fingerprint density at radius 2 is 1.30 bits per heavy atom. The lowest BCUT2D eigenvalue weighted by atomic mass is 9.65. The van der Waals surface area contributed by atoms with E-state index in [9.17, 15) is 0 Å². The van der Waals surface area contributed by atoms with E-state index in [1.54, 1.807) is 12.7 Å². The van der Waals surface area contributed by atoms with Gasteiger partial charge in [-0.1, -0.05) is 74.8 Å². The highest BCUT2D eigenvalue weighted by Gasteiger charge is 2.46. The van der Waals surface area contributed by atoms with E-state index < -0.39 is 5.54 Å². The maximum Gasteiger partial charge on any atom is 0.120 e. The van der Waals surface area contributed by atoms with Crippen LogP contribution in [0, 0.1) is 5.41 Å². The van der Waals surface area contributed by atoms with E-state index in [4.69, 9.17) is 11.6 Å². The molecule has 3 rings (SSSR count). The van der Waals surface area contributed by atoms with Crippen molar-refractivity contribution < 1.29 is 0 Å². The van der Waals surface area contributed by atoms with E-state index in [-0.39, 0.29) is 5.41 Å². The molecule has 1 atom stereocenters. The first-order chi connectivity index (χ1) is 11.0. The van der Waals surface area contributed by atoms with Crippen LogP contribution in [0.1, 0.15) is 31.9 Å². The van der Waals surface area contributed by atoms with Crippen LogP contribution < -0.4 is 0 Å². The van der Waals surface area contributed by atoms with Gasteiger partial charge in [0.1, 0.15) is 18.2 Å². The van der Waals surface area contributed by atoms with Crippen molar-refractivity contribution in [2.24, 2.45) is 5.41 Å². The monoisotopic (exact) mass is 325 g/mol. The summed E-state index contributed by atoms with van der Waals surface area (Å²) in [5.41, 5.74) is 1.79. The van der Waals surface area contributed by atoms with Gasteiger partial charge in [0.15, 0.2) is 0 Å². The van der Waals surface area contributed by atoms with Crippen molar-refractivity contribution in [2.45, 2.75) is 26.3 Å². The van der Waals surface area contributed by atoms with Crippen molar-refractivity contribution in [3.63, 3.8) is 0 Å². The zero-order valence-corrected chi connectivity index (χ0v) is 14.3. The standard InChI is InChI=1S/C19H20ClN3/c1-18(2,3)19(23-13-21-22-14-23,15-7-5-4-6-8-15)16-9-11-17(20)12-10-16/h4-14H,1-3H3. The Morgan fingerprint density at radius 3 is 1.83 bits per heavy atom. The first kappa shape index (κ1) is 15.8. The molecule has 0 aliphatic carbocycles. The summed E-state index contributed by atoms with van der Waals surface area (Å²) < 4.78 is 2.09. The van der Waals surface area contributed by atoms with E-state index in [1.807, 2.05) is 18.2 Å². The third kappa shape index (κ3) is 2.55. The first-order valence-corrected chi connectivity index (χ1v) is 8.01. The summed E-state index contributed by atoms with van der Waals surface area (Å²) in [6, 6.07) is 18.5. The maximum absolute atomic E-state index is 6.12. The van der Waals surface area contributed by atoms with Crippen LogP contribution in [-0.4, -0.2) is 14.8 Å². The van der Waals surface area contributed by atoms with Gasteiger partial charge in [0.2, 0.25) is 0 Å². The van der Waals surface area contributed by atoms with Crippen LogP contribution in [0.2, 0.25) is 5.02 Å². The van der Waals surface area contributed by atoms with Crippen LogP contribution in [-0.2, 0) is 5.54 Å². The van der Waals surface area contributed by atoms with Gasteiger partial charge in [-0.2, -0.15) is 0 Å². The lowest BCUT2D eigenvalue weighted by molar-refractivity contribution is 0.188. The Balaban J connectivity index is 2.38. The zero-order valence-electron chi connectivity index (χ0n) is 13.6. The summed E-state index contributed by atoms with van der Waals surface area (Å²) in [6.07, 6.45) is 3.57. The van der Waals surface area contributed by atoms with Gasteiger partial charge in [-0.3, -0.25) is 0 Å². The minimum atomic E-state index is -0.428. The van der Waals surface area contributed by atoms with Gasteiger partial charge in [-0.25, -0.2) is 0 Å². The van der Waals surface area contributed by atoms with E-state index in [0.29, 0.717) is 0 Å². The number of hydrogen-bond donors (Lipinski definition) is 0. The van der Waals surface area contributed by atoms with Crippen LogP contribution in [0.4, 0.5) is 0 Å². The molecule has 0 saturated heterocycles. The Kier molecular flexibility index (Phi) is 3.99. The van der Waals surface area contributed by atoms with Crippen LogP contribution in [0.25, 0.3) is 0 Å². The van der Waals surface area contributed by atoms with Crippen molar-refractivity contribution in [1.29, 1.82) is 0 Å². The summed E-state index contributed by atoms with van der Waals surface area (Å²) in [7, 11) is 0. The quantitative estimate of drug-likeness (QED) is 0.694. The molecule has 0 N–H and O–H groups in total. The molecule has 0 amide bonds. The molecule has 3 aromatic rings. The molecule has 0 bridgehead atoms. The Hall–Kier alpha value is -2.13. The molecule has 1 aromatic heterocycles. The number of benzene rings is 2. The van der Waals surface area contributed by atoms with Crippen molar-refractivity contribution in [2.75, 3.05) is 0 Å². The van der Waals surface area contributed by atoms with Gasteiger partial charge < -0.3 is 4.57 Å². The van der Waals surface area contributed by atoms with Crippen molar-refractivity contribution in [3.05, 3.63) is 83.4 Å². The number of nitrogens with zero attached hydrogens (tertiary/aromatic N) is 3. The van der Waals surface area contributed by atoms with Crippen molar-refractivity contribution in [3.8, 4) is 0 Å². The zero-order chi connectivity index (χ0) is 16.5. The van der Waals surface area contributed by atoms with Gasteiger partial charge in [-0.15, -0.1) is 10.2 Å². The number of aromatic nitrogens is 3. The molecule has 0 saturated carbocycles. The molecular weight excluding hydrogens is 306 g/mol. The molecular formula is C19H20ClN3. The second-order valence-corrected chi connectivity index (χ2v) is 7.14. The molecule has 0 aliphatic heterocycles. The smallest absolute Gasteiger partial charge is 0.120 e. The fourth-order valence-electron chi connectivity index (χ4n) is 3.46. The van der Waals surface area contributed by atoms with E-state index in [1.165, 1.54) is 5.56 Å². The molecule has 23 heavy (non-hydrogen) atoms. The summed E-state index contributed by atoms with van der Waals surface area (Å²) in [6.45, 7) is 6.69. The van der Waals surface area contributed by atoms with Crippen molar-refractivity contribution in [1.82, 2.24) is 14.8 Å². The highest BCUT2D eigenvalue weighted by atomic mass is 35.5. The van der Waals surface area contributed by atoms with E-state index >= 15 is 0 Å². The Labute approximate surface area is 142 Å². The van der Waals surface area contributed by atoms with Crippen LogP contribution >= 0.6 is 11.6 Å². The highest BCUT2D eigenvalue weighted by Crippen LogP contribution is 2.47. The largest absolute Gasteiger partial charge is 0.305 e. The van der Waals surface area contributed by atoms with E-state index in [2.05, 4.69) is 71.9 Å². The SMILES string of the molecule is CC(C)(C)C(c1ccccc1)(c1ccc(Cl)cc1)n1cnnc1. The summed E-state index contributed by atoms with van der Waals surface area (Å²) in [5.74, 6) is 0. The van der Waals surface area contributed by atoms with Gasteiger partial charge in [0, 0.05) is 5.02 Å². The lowest BCUT2D eigenvalue weighted by Crippen LogP contribution is -2.47. The lowest BCUT2D eigenvalue weighted by Gasteiger charge is -2.46. The molecule has 0 radical (unpaired) electrons. The third-order valence-corrected chi connectivity index (χ3v) is 4.60. The van der Waals surface area contributed by atoms with Crippen molar-refractivity contribution >= 4 is 11.6 Å². The highest BCUT2D eigenvalue weighted by molar-refractivity contribution is 6.30. The summed E-state index contributed by atoms with van der Waals surface area (Å²) in [5, 5.41) is 8.84. The number of halogens is 1. The predicted octanol–water partition coefficient (Wildman–Crippen LogP) is 4.77. The molecule has 2 aromatic carbocycles. The number of rotatable bonds is 3. The normalized spacial score (nSPS) is 14.4. The first-order valence-electron chi connectivity index (χ1n) is 7.63. The van der Waals surface area contributed by atoms with Gasteiger partial charge in [0.05, 0.1) is 0 Å². The Bertz CT molecular complexity index is 759. The Morgan fingerprint density at radius 1 is 0.783 bits per heavy atom. The molecule has 4 heteroatoms.